The summed E-state index contributed by atoms with van der Waals surface area (Å²) in [4.78, 5) is 24.7. The highest BCUT2D eigenvalue weighted by Crippen LogP contribution is 2.22. The van der Waals surface area contributed by atoms with Gasteiger partial charge in [-0.3, -0.25) is 4.79 Å². The Kier molecular flexibility index (Phi) is 5.17. The molecular weight excluding hydrogens is 248 g/mol. The van der Waals surface area contributed by atoms with Crippen LogP contribution in [0, 0.1) is 5.92 Å². The summed E-state index contributed by atoms with van der Waals surface area (Å²) < 4.78 is 9.94. The van der Waals surface area contributed by atoms with E-state index < -0.39 is 5.60 Å². The number of methoxy groups -OCH3 is 1. The van der Waals surface area contributed by atoms with E-state index in [0.29, 0.717) is 25.9 Å². The Morgan fingerprint density at radius 3 is 2.47 bits per heavy atom. The molecule has 0 saturated carbocycles. The first-order valence-corrected chi connectivity index (χ1v) is 6.53. The van der Waals surface area contributed by atoms with Crippen LogP contribution in [0.1, 0.15) is 33.6 Å². The van der Waals surface area contributed by atoms with Gasteiger partial charge in [0.2, 0.25) is 0 Å². The van der Waals surface area contributed by atoms with Gasteiger partial charge in [0.15, 0.2) is 0 Å². The van der Waals surface area contributed by atoms with E-state index in [9.17, 15) is 9.59 Å². The standard InChI is InChI=1S/C13H24N2O4/c1-13(2,3)19-12(17)15-6-5-9(10(14)8-15)7-11(16)18-4/h9-10H,5-8,14H2,1-4H3/t9-,10+/m1/s1. The van der Waals surface area contributed by atoms with Gasteiger partial charge in [-0.15, -0.1) is 0 Å². The maximum absolute atomic E-state index is 11.9. The average Bonchev–Trinajstić information content (AvgIpc) is 2.29. The molecule has 0 unspecified atom stereocenters. The van der Waals surface area contributed by atoms with E-state index >= 15 is 0 Å². The molecule has 1 aliphatic heterocycles. The van der Waals surface area contributed by atoms with Gasteiger partial charge in [-0.1, -0.05) is 0 Å². The topological polar surface area (TPSA) is 81.9 Å². The summed E-state index contributed by atoms with van der Waals surface area (Å²) in [6.07, 6.45) is 0.648. The number of esters is 1. The Labute approximate surface area is 114 Å². The molecule has 1 saturated heterocycles. The van der Waals surface area contributed by atoms with Gasteiger partial charge in [-0.05, 0) is 33.1 Å². The summed E-state index contributed by atoms with van der Waals surface area (Å²) in [5.74, 6) is -0.197. The van der Waals surface area contributed by atoms with E-state index in [1.54, 1.807) is 4.90 Å². The van der Waals surface area contributed by atoms with Gasteiger partial charge in [0.25, 0.3) is 0 Å². The Morgan fingerprint density at radius 2 is 2.00 bits per heavy atom. The van der Waals surface area contributed by atoms with Crippen molar-refractivity contribution in [3.63, 3.8) is 0 Å². The van der Waals surface area contributed by atoms with Crippen molar-refractivity contribution in [1.29, 1.82) is 0 Å². The number of carbonyl (C=O) groups excluding carboxylic acids is 2. The zero-order valence-electron chi connectivity index (χ0n) is 12.1. The molecular formula is C13H24N2O4. The number of rotatable bonds is 2. The first-order valence-electron chi connectivity index (χ1n) is 6.53. The zero-order chi connectivity index (χ0) is 14.6. The fourth-order valence-corrected chi connectivity index (χ4v) is 2.07. The van der Waals surface area contributed by atoms with Crippen LogP contribution in [0.3, 0.4) is 0 Å². The lowest BCUT2D eigenvalue weighted by molar-refractivity contribution is -0.142. The van der Waals surface area contributed by atoms with E-state index in [4.69, 9.17) is 10.5 Å². The molecule has 1 heterocycles. The predicted octanol–water partition coefficient (Wildman–Crippen LogP) is 1.13. The Balaban J connectivity index is 2.49. The predicted molar refractivity (Wildman–Crippen MR) is 70.5 cm³/mol. The smallest absolute Gasteiger partial charge is 0.410 e. The normalized spacial score (nSPS) is 23.9. The van der Waals surface area contributed by atoms with E-state index in [0.717, 1.165) is 0 Å². The number of carbonyl (C=O) groups is 2. The largest absolute Gasteiger partial charge is 0.469 e. The number of amides is 1. The van der Waals surface area contributed by atoms with Crippen molar-refractivity contribution in [2.45, 2.75) is 45.3 Å². The van der Waals surface area contributed by atoms with Crippen LogP contribution in [0.2, 0.25) is 0 Å². The number of ether oxygens (including phenoxy) is 2. The van der Waals surface area contributed by atoms with Crippen LogP contribution in [0.25, 0.3) is 0 Å². The van der Waals surface area contributed by atoms with Crippen molar-refractivity contribution in [3.05, 3.63) is 0 Å². The van der Waals surface area contributed by atoms with Gasteiger partial charge in [-0.25, -0.2) is 4.79 Å². The lowest BCUT2D eigenvalue weighted by Crippen LogP contribution is -2.52. The fraction of sp³-hybridized carbons (Fsp3) is 0.846. The minimum absolute atomic E-state index is 0.0612. The highest BCUT2D eigenvalue weighted by atomic mass is 16.6. The van der Waals surface area contributed by atoms with Crippen LogP contribution >= 0.6 is 0 Å². The van der Waals surface area contributed by atoms with Crippen molar-refractivity contribution in [3.8, 4) is 0 Å². The highest BCUT2D eigenvalue weighted by Gasteiger charge is 2.32. The summed E-state index contributed by atoms with van der Waals surface area (Å²) in [6.45, 7) is 6.46. The SMILES string of the molecule is COC(=O)C[C@H]1CCN(C(=O)OC(C)(C)C)C[C@@H]1N. The molecule has 0 aromatic heterocycles. The number of likely N-dealkylation sites (tertiary alicyclic amines) is 1. The molecule has 2 N–H and O–H groups in total. The second-order valence-corrected chi connectivity index (χ2v) is 5.92. The zero-order valence-corrected chi connectivity index (χ0v) is 12.1. The van der Waals surface area contributed by atoms with Crippen molar-refractivity contribution in [2.75, 3.05) is 20.2 Å². The summed E-state index contributed by atoms with van der Waals surface area (Å²) in [5, 5.41) is 0. The summed E-state index contributed by atoms with van der Waals surface area (Å²) in [7, 11) is 1.36. The molecule has 0 spiro atoms. The second kappa shape index (κ2) is 6.23. The number of piperidine rings is 1. The Hall–Kier alpha value is -1.30. The average molecular weight is 272 g/mol. The molecule has 1 amide bonds. The molecule has 2 atom stereocenters. The third-order valence-electron chi connectivity index (χ3n) is 3.11. The van der Waals surface area contributed by atoms with Gasteiger partial charge in [0.1, 0.15) is 5.60 Å². The first kappa shape index (κ1) is 15.8. The molecule has 1 aliphatic rings. The maximum atomic E-state index is 11.9. The molecule has 0 aromatic rings. The highest BCUT2D eigenvalue weighted by molar-refractivity contribution is 5.70. The van der Waals surface area contributed by atoms with Crippen molar-refractivity contribution >= 4 is 12.1 Å². The lowest BCUT2D eigenvalue weighted by atomic mass is 9.89. The first-order chi connectivity index (χ1) is 8.73. The van der Waals surface area contributed by atoms with E-state index in [1.165, 1.54) is 7.11 Å². The summed E-state index contributed by atoms with van der Waals surface area (Å²) in [6, 6.07) is -0.222. The van der Waals surface area contributed by atoms with Crippen LogP contribution < -0.4 is 5.73 Å². The Morgan fingerprint density at radius 1 is 1.37 bits per heavy atom. The molecule has 0 bridgehead atoms. The number of nitrogens with two attached hydrogens (primary N) is 1. The summed E-state index contributed by atoms with van der Waals surface area (Å²) >= 11 is 0. The van der Waals surface area contributed by atoms with Crippen LogP contribution in [-0.2, 0) is 14.3 Å². The third kappa shape index (κ3) is 5.06. The minimum atomic E-state index is -0.510. The van der Waals surface area contributed by atoms with Gasteiger partial charge in [0, 0.05) is 25.6 Å². The van der Waals surface area contributed by atoms with Crippen molar-refractivity contribution in [2.24, 2.45) is 11.7 Å². The number of hydrogen-bond acceptors (Lipinski definition) is 5. The lowest BCUT2D eigenvalue weighted by Gasteiger charge is -2.36. The van der Waals surface area contributed by atoms with Crippen LogP contribution in [0.4, 0.5) is 4.79 Å². The molecule has 0 radical (unpaired) electrons. The molecule has 0 aliphatic carbocycles. The van der Waals surface area contributed by atoms with Crippen molar-refractivity contribution in [1.82, 2.24) is 4.90 Å². The maximum Gasteiger partial charge on any atom is 0.410 e. The molecule has 110 valence electrons. The number of hydrogen-bond donors (Lipinski definition) is 1. The molecule has 6 nitrogen and oxygen atoms in total. The summed E-state index contributed by atoms with van der Waals surface area (Å²) in [5.41, 5.74) is 5.51. The quantitative estimate of drug-likeness (QED) is 0.762. The van der Waals surface area contributed by atoms with Crippen LogP contribution in [0.5, 0.6) is 0 Å². The molecule has 1 fully saturated rings. The van der Waals surface area contributed by atoms with E-state index in [-0.39, 0.29) is 24.0 Å². The second-order valence-electron chi connectivity index (χ2n) is 5.92. The molecule has 1 rings (SSSR count). The van der Waals surface area contributed by atoms with Gasteiger partial charge in [0.05, 0.1) is 7.11 Å². The number of nitrogens with zero attached hydrogens (tertiary/aromatic N) is 1. The molecule has 6 heteroatoms. The van der Waals surface area contributed by atoms with Crippen LogP contribution in [-0.4, -0.2) is 48.8 Å². The Bertz CT molecular complexity index is 338. The van der Waals surface area contributed by atoms with Crippen LogP contribution in [0.15, 0.2) is 0 Å². The fourth-order valence-electron chi connectivity index (χ4n) is 2.07. The molecule has 19 heavy (non-hydrogen) atoms. The van der Waals surface area contributed by atoms with Gasteiger partial charge < -0.3 is 20.1 Å². The minimum Gasteiger partial charge on any atom is -0.469 e. The van der Waals surface area contributed by atoms with Gasteiger partial charge >= 0.3 is 12.1 Å². The third-order valence-corrected chi connectivity index (χ3v) is 3.11. The van der Waals surface area contributed by atoms with Crippen molar-refractivity contribution < 1.29 is 19.1 Å². The van der Waals surface area contributed by atoms with E-state index in [1.807, 2.05) is 20.8 Å². The van der Waals surface area contributed by atoms with Gasteiger partial charge in [-0.2, -0.15) is 0 Å². The monoisotopic (exact) mass is 272 g/mol. The van der Waals surface area contributed by atoms with E-state index in [2.05, 4.69) is 4.74 Å². The molecule has 0 aromatic carbocycles.